The molecule has 2 N–H and O–H groups in total. The van der Waals surface area contributed by atoms with Crippen LogP contribution in [0.25, 0.3) is 5.57 Å². The first-order chi connectivity index (χ1) is 12.8. The molecule has 1 atom stereocenters. The van der Waals surface area contributed by atoms with E-state index >= 15 is 0 Å². The Kier molecular flexibility index (Phi) is 5.09. The normalized spacial score (nSPS) is 16.9. The molecule has 1 aliphatic rings. The summed E-state index contributed by atoms with van der Waals surface area (Å²) < 4.78 is 0.797. The molecule has 2 aromatic rings. The highest BCUT2D eigenvalue weighted by molar-refractivity contribution is 9.10. The van der Waals surface area contributed by atoms with Crippen LogP contribution in [0, 0.1) is 10.1 Å². The molecule has 0 radical (unpaired) electrons. The molecule has 0 fully saturated rings. The average molecular weight is 430 g/mol. The summed E-state index contributed by atoms with van der Waals surface area (Å²) in [7, 11) is 0. The molecule has 7 nitrogen and oxygen atoms in total. The Morgan fingerprint density at radius 1 is 1.26 bits per heavy atom. The highest BCUT2D eigenvalue weighted by Crippen LogP contribution is 2.43. The van der Waals surface area contributed by atoms with Crippen LogP contribution in [0.15, 0.2) is 64.0 Å². The van der Waals surface area contributed by atoms with E-state index in [4.69, 9.17) is 0 Å². The first-order valence-corrected chi connectivity index (χ1v) is 8.87. The molecule has 3 rings (SSSR count). The summed E-state index contributed by atoms with van der Waals surface area (Å²) in [6, 6.07) is 9.67. The number of hydrogen-bond acceptors (Lipinski definition) is 5. The largest absolute Gasteiger partial charge is 0.478 e. The van der Waals surface area contributed by atoms with Crippen molar-refractivity contribution in [2.24, 2.45) is 0 Å². The number of nitrogens with one attached hydrogen (secondary N) is 1. The average Bonchev–Trinajstić information content (AvgIpc) is 2.62. The predicted octanol–water partition coefficient (Wildman–Crippen LogP) is 4.23. The van der Waals surface area contributed by atoms with Crippen LogP contribution < -0.4 is 5.32 Å². The maximum atomic E-state index is 12.0. The lowest BCUT2D eigenvalue weighted by atomic mass is 9.79. The SMILES string of the molecule is CC1=C(C(=O)O)C(c2cccc([N+](=O)[O-])c2)C(c2ccc(Br)cn2)=C(C)N1. The van der Waals surface area contributed by atoms with Crippen molar-refractivity contribution in [1.29, 1.82) is 0 Å². The van der Waals surface area contributed by atoms with Gasteiger partial charge in [-0.25, -0.2) is 4.79 Å². The van der Waals surface area contributed by atoms with E-state index in [1.54, 1.807) is 31.3 Å². The van der Waals surface area contributed by atoms with E-state index < -0.39 is 16.8 Å². The second-order valence-electron chi connectivity index (χ2n) is 6.15. The number of aromatic nitrogens is 1. The van der Waals surface area contributed by atoms with Crippen molar-refractivity contribution in [2.75, 3.05) is 0 Å². The number of carboxylic acids is 1. The van der Waals surface area contributed by atoms with Crippen LogP contribution in [0.3, 0.4) is 0 Å². The lowest BCUT2D eigenvalue weighted by molar-refractivity contribution is -0.384. The molecule has 0 saturated heterocycles. The van der Waals surface area contributed by atoms with Gasteiger partial charge in [-0.05, 0) is 47.5 Å². The predicted molar refractivity (Wildman–Crippen MR) is 104 cm³/mol. The molecule has 0 aliphatic carbocycles. The Balaban J connectivity index is 2.25. The van der Waals surface area contributed by atoms with E-state index in [1.807, 2.05) is 13.0 Å². The summed E-state index contributed by atoms with van der Waals surface area (Å²) >= 11 is 3.34. The number of nitrogens with zero attached hydrogens (tertiary/aromatic N) is 2. The van der Waals surface area contributed by atoms with Gasteiger partial charge in [0.25, 0.3) is 5.69 Å². The third kappa shape index (κ3) is 3.61. The summed E-state index contributed by atoms with van der Waals surface area (Å²) in [5, 5.41) is 24.1. The lowest BCUT2D eigenvalue weighted by Gasteiger charge is -2.30. The molecule has 0 saturated carbocycles. The van der Waals surface area contributed by atoms with Gasteiger partial charge in [0.1, 0.15) is 0 Å². The van der Waals surface area contributed by atoms with E-state index in [0.29, 0.717) is 22.5 Å². The Bertz CT molecular complexity index is 996. The number of hydrogen-bond donors (Lipinski definition) is 2. The fourth-order valence-electron chi connectivity index (χ4n) is 3.30. The van der Waals surface area contributed by atoms with Gasteiger partial charge in [0.2, 0.25) is 0 Å². The number of benzene rings is 1. The van der Waals surface area contributed by atoms with Crippen molar-refractivity contribution >= 4 is 33.2 Å². The molecular formula is C19H16BrN3O4. The first-order valence-electron chi connectivity index (χ1n) is 8.07. The highest BCUT2D eigenvalue weighted by atomic mass is 79.9. The number of carboxylic acid groups (broad SMARTS) is 1. The molecule has 1 aliphatic heterocycles. The highest BCUT2D eigenvalue weighted by Gasteiger charge is 2.34. The molecule has 27 heavy (non-hydrogen) atoms. The number of aliphatic carboxylic acids is 1. The number of dihydropyridines is 1. The number of rotatable bonds is 4. The summed E-state index contributed by atoms with van der Waals surface area (Å²) in [5.41, 5.74) is 3.11. The summed E-state index contributed by atoms with van der Waals surface area (Å²) in [5.74, 6) is -1.77. The van der Waals surface area contributed by atoms with Crippen molar-refractivity contribution in [3.05, 3.63) is 85.4 Å². The van der Waals surface area contributed by atoms with Crippen molar-refractivity contribution in [3.8, 4) is 0 Å². The van der Waals surface area contributed by atoms with Gasteiger partial charge in [-0.2, -0.15) is 0 Å². The van der Waals surface area contributed by atoms with Crippen LogP contribution in [0.5, 0.6) is 0 Å². The third-order valence-corrected chi connectivity index (χ3v) is 4.88. The van der Waals surface area contributed by atoms with Gasteiger partial charge in [-0.3, -0.25) is 15.1 Å². The second-order valence-corrected chi connectivity index (χ2v) is 7.07. The molecule has 8 heteroatoms. The Morgan fingerprint density at radius 2 is 2.00 bits per heavy atom. The molecule has 2 heterocycles. The van der Waals surface area contributed by atoms with Gasteiger partial charge in [-0.1, -0.05) is 12.1 Å². The molecule has 0 spiro atoms. The van der Waals surface area contributed by atoms with E-state index in [9.17, 15) is 20.0 Å². The first kappa shape index (κ1) is 18.8. The van der Waals surface area contributed by atoms with E-state index in [2.05, 4.69) is 26.2 Å². The molecular weight excluding hydrogens is 414 g/mol. The standard InChI is InChI=1S/C19H16BrN3O4/c1-10-16(15-7-6-13(20)9-21-15)18(17(19(24)25)11(2)22-10)12-4-3-5-14(8-12)23(26)27/h3-9,18,22H,1-2H3,(H,24,25). The zero-order valence-corrected chi connectivity index (χ0v) is 16.1. The van der Waals surface area contributed by atoms with Gasteiger partial charge in [0, 0.05) is 45.7 Å². The number of carbonyl (C=O) groups is 1. The molecule has 1 aromatic heterocycles. The van der Waals surface area contributed by atoms with E-state index in [0.717, 1.165) is 10.2 Å². The maximum Gasteiger partial charge on any atom is 0.334 e. The topological polar surface area (TPSA) is 105 Å². The molecule has 138 valence electrons. The smallest absolute Gasteiger partial charge is 0.334 e. The second kappa shape index (κ2) is 7.32. The van der Waals surface area contributed by atoms with Crippen LogP contribution in [0.4, 0.5) is 5.69 Å². The van der Waals surface area contributed by atoms with Crippen LogP contribution in [0.1, 0.15) is 31.0 Å². The van der Waals surface area contributed by atoms with Crippen molar-refractivity contribution in [2.45, 2.75) is 19.8 Å². The summed E-state index contributed by atoms with van der Waals surface area (Å²) in [6.45, 7) is 3.52. The summed E-state index contributed by atoms with van der Waals surface area (Å²) in [4.78, 5) is 27.1. The van der Waals surface area contributed by atoms with Crippen molar-refractivity contribution in [3.63, 3.8) is 0 Å². The van der Waals surface area contributed by atoms with Crippen LogP contribution >= 0.6 is 15.9 Å². The number of nitro benzene ring substituents is 1. The fraction of sp³-hybridized carbons (Fsp3) is 0.158. The van der Waals surface area contributed by atoms with E-state index in [-0.39, 0.29) is 11.3 Å². The number of nitro groups is 1. The third-order valence-electron chi connectivity index (χ3n) is 4.41. The van der Waals surface area contributed by atoms with Gasteiger partial charge in [-0.15, -0.1) is 0 Å². The Labute approximate surface area is 163 Å². The maximum absolute atomic E-state index is 12.0. The molecule has 0 amide bonds. The monoisotopic (exact) mass is 429 g/mol. The molecule has 0 bridgehead atoms. The number of allylic oxidation sites excluding steroid dienone is 3. The minimum Gasteiger partial charge on any atom is -0.478 e. The quantitative estimate of drug-likeness (QED) is 0.556. The van der Waals surface area contributed by atoms with Gasteiger partial charge in [0.15, 0.2) is 0 Å². The molecule has 1 aromatic carbocycles. The van der Waals surface area contributed by atoms with E-state index in [1.165, 1.54) is 12.1 Å². The van der Waals surface area contributed by atoms with Crippen molar-refractivity contribution < 1.29 is 14.8 Å². The Hall–Kier alpha value is -3.00. The zero-order chi connectivity index (χ0) is 19.7. The van der Waals surface area contributed by atoms with Gasteiger partial charge < -0.3 is 10.4 Å². The van der Waals surface area contributed by atoms with Crippen LogP contribution in [-0.2, 0) is 4.79 Å². The number of pyridine rings is 1. The fourth-order valence-corrected chi connectivity index (χ4v) is 3.54. The van der Waals surface area contributed by atoms with Gasteiger partial charge >= 0.3 is 5.97 Å². The number of halogens is 1. The lowest BCUT2D eigenvalue weighted by Crippen LogP contribution is -2.27. The Morgan fingerprint density at radius 3 is 2.59 bits per heavy atom. The summed E-state index contributed by atoms with van der Waals surface area (Å²) in [6.07, 6.45) is 1.63. The number of non-ortho nitro benzene ring substituents is 1. The minimum atomic E-state index is -1.08. The van der Waals surface area contributed by atoms with Crippen LogP contribution in [0.2, 0.25) is 0 Å². The molecule has 1 unspecified atom stereocenters. The minimum absolute atomic E-state index is 0.0887. The zero-order valence-electron chi connectivity index (χ0n) is 14.6. The van der Waals surface area contributed by atoms with Crippen LogP contribution in [-0.4, -0.2) is 21.0 Å². The van der Waals surface area contributed by atoms with Crippen molar-refractivity contribution in [1.82, 2.24) is 10.3 Å². The van der Waals surface area contributed by atoms with Gasteiger partial charge in [0.05, 0.1) is 16.2 Å².